The summed E-state index contributed by atoms with van der Waals surface area (Å²) in [5, 5.41) is 9.28. The van der Waals surface area contributed by atoms with Crippen molar-refractivity contribution in [1.82, 2.24) is 0 Å². The fourth-order valence-electron chi connectivity index (χ4n) is 3.18. The number of amides is 1. The Kier molecular flexibility index (Phi) is 7.54. The number of nitrogens with zero attached hydrogens (tertiary/aromatic N) is 1. The molecule has 1 atom stereocenters. The van der Waals surface area contributed by atoms with Gasteiger partial charge in [0.25, 0.3) is 0 Å². The van der Waals surface area contributed by atoms with Gasteiger partial charge in [0.1, 0.15) is 0 Å². The van der Waals surface area contributed by atoms with Crippen LogP contribution in [0.5, 0.6) is 0 Å². The average molecular weight is 402 g/mol. The molecule has 2 aromatic rings. The summed E-state index contributed by atoms with van der Waals surface area (Å²) < 4.78 is 36.6. The third kappa shape index (κ3) is 6.18. The molecule has 29 heavy (non-hydrogen) atoms. The minimum atomic E-state index is -4.80. The van der Waals surface area contributed by atoms with Crippen LogP contribution in [0.2, 0.25) is 0 Å². The van der Waals surface area contributed by atoms with Gasteiger partial charge in [-0.15, -0.1) is 0 Å². The SMILES string of the molecule is N#Cc1ccccc1-c1cccc(C(CCCCCC(=O)C(F)(F)F)C(N)=O)c1. The number of hydrogen-bond acceptors (Lipinski definition) is 3. The Morgan fingerprint density at radius 3 is 2.41 bits per heavy atom. The van der Waals surface area contributed by atoms with Crippen LogP contribution < -0.4 is 5.73 Å². The first kappa shape index (κ1) is 22.2. The van der Waals surface area contributed by atoms with E-state index in [0.29, 0.717) is 30.4 Å². The van der Waals surface area contributed by atoms with E-state index in [-0.39, 0.29) is 6.42 Å². The zero-order chi connectivity index (χ0) is 21.4. The predicted octanol–water partition coefficient (Wildman–Crippen LogP) is 4.88. The number of nitrogens with two attached hydrogens (primary N) is 1. The van der Waals surface area contributed by atoms with Gasteiger partial charge in [-0.2, -0.15) is 18.4 Å². The van der Waals surface area contributed by atoms with Crippen LogP contribution in [0.1, 0.15) is 49.1 Å². The molecule has 0 saturated heterocycles. The standard InChI is InChI=1S/C22H21F3N2O2/c23-22(24,25)20(28)12-3-1-2-11-19(21(27)29)16-9-6-8-15(13-16)18-10-5-4-7-17(18)14-26/h4-10,13,19H,1-3,11-12H2,(H2,27,29). The number of ketones is 1. The van der Waals surface area contributed by atoms with Crippen LogP contribution in [0.15, 0.2) is 48.5 Å². The highest BCUT2D eigenvalue weighted by Gasteiger charge is 2.37. The van der Waals surface area contributed by atoms with E-state index in [1.807, 2.05) is 18.2 Å². The molecule has 2 aromatic carbocycles. The van der Waals surface area contributed by atoms with Crippen molar-refractivity contribution in [2.75, 3.05) is 0 Å². The molecule has 2 N–H and O–H groups in total. The van der Waals surface area contributed by atoms with Gasteiger partial charge in [-0.25, -0.2) is 0 Å². The molecule has 0 aliphatic rings. The smallest absolute Gasteiger partial charge is 0.369 e. The number of Topliss-reactive ketones (excluding diaryl/α,β-unsaturated/α-hetero) is 1. The Balaban J connectivity index is 2.05. The number of hydrogen-bond donors (Lipinski definition) is 1. The van der Waals surface area contributed by atoms with Gasteiger partial charge in [0, 0.05) is 6.42 Å². The molecular formula is C22H21F3N2O2. The lowest BCUT2D eigenvalue weighted by atomic mass is 9.89. The van der Waals surface area contributed by atoms with Crippen molar-refractivity contribution in [2.45, 2.75) is 44.2 Å². The largest absolute Gasteiger partial charge is 0.449 e. The zero-order valence-corrected chi connectivity index (χ0v) is 15.7. The lowest BCUT2D eigenvalue weighted by molar-refractivity contribution is -0.171. The van der Waals surface area contributed by atoms with Gasteiger partial charge in [0.05, 0.1) is 17.6 Å². The summed E-state index contributed by atoms with van der Waals surface area (Å²) in [6, 6.07) is 16.4. The summed E-state index contributed by atoms with van der Waals surface area (Å²) in [5.74, 6) is -2.85. The fraction of sp³-hybridized carbons (Fsp3) is 0.318. The summed E-state index contributed by atoms with van der Waals surface area (Å²) in [5.41, 5.74) is 8.26. The van der Waals surface area contributed by atoms with Crippen LogP contribution in [0, 0.1) is 11.3 Å². The van der Waals surface area contributed by atoms with Crippen molar-refractivity contribution < 1.29 is 22.8 Å². The van der Waals surface area contributed by atoms with Crippen LogP contribution >= 0.6 is 0 Å². The van der Waals surface area contributed by atoms with Crippen molar-refractivity contribution >= 4 is 11.7 Å². The predicted molar refractivity (Wildman–Crippen MR) is 103 cm³/mol. The summed E-state index contributed by atoms with van der Waals surface area (Å²) in [6.07, 6.45) is -4.00. The van der Waals surface area contributed by atoms with E-state index in [1.165, 1.54) is 0 Å². The minimum absolute atomic E-state index is 0.111. The van der Waals surface area contributed by atoms with Crippen molar-refractivity contribution in [3.05, 3.63) is 59.7 Å². The number of halogens is 3. The summed E-state index contributed by atoms with van der Waals surface area (Å²) in [6.45, 7) is 0. The number of unbranched alkanes of at least 4 members (excludes halogenated alkanes) is 2. The molecule has 2 rings (SSSR count). The van der Waals surface area contributed by atoms with E-state index in [2.05, 4.69) is 6.07 Å². The maximum absolute atomic E-state index is 12.2. The molecule has 0 aliphatic carbocycles. The Morgan fingerprint density at radius 2 is 1.76 bits per heavy atom. The molecule has 0 radical (unpaired) electrons. The van der Waals surface area contributed by atoms with Crippen LogP contribution in [-0.2, 0) is 9.59 Å². The monoisotopic (exact) mass is 402 g/mol. The van der Waals surface area contributed by atoms with E-state index in [0.717, 1.165) is 11.1 Å². The van der Waals surface area contributed by atoms with E-state index in [9.17, 15) is 28.0 Å². The third-order valence-corrected chi connectivity index (χ3v) is 4.70. The second-order valence-electron chi connectivity index (χ2n) is 6.76. The molecule has 0 heterocycles. The minimum Gasteiger partial charge on any atom is -0.369 e. The van der Waals surface area contributed by atoms with Gasteiger partial charge in [-0.1, -0.05) is 55.3 Å². The molecule has 0 bridgehead atoms. The first-order valence-corrected chi connectivity index (χ1v) is 9.23. The summed E-state index contributed by atoms with van der Waals surface area (Å²) in [4.78, 5) is 22.8. The maximum Gasteiger partial charge on any atom is 0.449 e. The Labute approximate surface area is 167 Å². The number of carbonyl (C=O) groups is 2. The molecule has 0 saturated carbocycles. The van der Waals surface area contributed by atoms with Crippen molar-refractivity contribution in [3.8, 4) is 17.2 Å². The Hall–Kier alpha value is -3.14. The number of alkyl halides is 3. The molecule has 7 heteroatoms. The Morgan fingerprint density at radius 1 is 1.03 bits per heavy atom. The van der Waals surface area contributed by atoms with Crippen LogP contribution in [0.4, 0.5) is 13.2 Å². The molecular weight excluding hydrogens is 381 g/mol. The topological polar surface area (TPSA) is 83.9 Å². The first-order valence-electron chi connectivity index (χ1n) is 9.23. The van der Waals surface area contributed by atoms with E-state index in [1.54, 1.807) is 30.3 Å². The molecule has 152 valence electrons. The van der Waals surface area contributed by atoms with Gasteiger partial charge >= 0.3 is 6.18 Å². The number of benzene rings is 2. The number of carbonyl (C=O) groups excluding carboxylic acids is 2. The number of primary amides is 1. The lowest BCUT2D eigenvalue weighted by Gasteiger charge is -2.15. The molecule has 4 nitrogen and oxygen atoms in total. The normalized spacial score (nSPS) is 12.2. The maximum atomic E-state index is 12.2. The van der Waals surface area contributed by atoms with Gasteiger partial charge in [0.2, 0.25) is 11.7 Å². The molecule has 0 aliphatic heterocycles. The van der Waals surface area contributed by atoms with Gasteiger partial charge in [0.15, 0.2) is 0 Å². The van der Waals surface area contributed by atoms with Crippen LogP contribution in [0.25, 0.3) is 11.1 Å². The summed E-state index contributed by atoms with van der Waals surface area (Å²) >= 11 is 0. The van der Waals surface area contributed by atoms with Crippen LogP contribution in [0.3, 0.4) is 0 Å². The molecule has 0 fully saturated rings. The molecule has 1 unspecified atom stereocenters. The van der Waals surface area contributed by atoms with Crippen molar-refractivity contribution in [2.24, 2.45) is 5.73 Å². The number of nitriles is 1. The highest BCUT2D eigenvalue weighted by atomic mass is 19.4. The number of rotatable bonds is 9. The average Bonchev–Trinajstić information content (AvgIpc) is 2.69. The van der Waals surface area contributed by atoms with E-state index in [4.69, 9.17) is 5.73 Å². The first-order chi connectivity index (χ1) is 13.7. The van der Waals surface area contributed by atoms with Crippen LogP contribution in [-0.4, -0.2) is 17.9 Å². The molecule has 1 amide bonds. The quantitative estimate of drug-likeness (QED) is 0.607. The van der Waals surface area contributed by atoms with Gasteiger partial charge in [-0.3, -0.25) is 9.59 Å². The highest BCUT2D eigenvalue weighted by molar-refractivity contribution is 5.84. The van der Waals surface area contributed by atoms with Gasteiger partial charge < -0.3 is 5.73 Å². The molecule has 0 spiro atoms. The Bertz CT molecular complexity index is 917. The zero-order valence-electron chi connectivity index (χ0n) is 15.7. The molecule has 0 aromatic heterocycles. The van der Waals surface area contributed by atoms with Crippen molar-refractivity contribution in [1.29, 1.82) is 5.26 Å². The second-order valence-corrected chi connectivity index (χ2v) is 6.76. The van der Waals surface area contributed by atoms with Crippen molar-refractivity contribution in [3.63, 3.8) is 0 Å². The van der Waals surface area contributed by atoms with Gasteiger partial charge in [-0.05, 0) is 35.6 Å². The third-order valence-electron chi connectivity index (χ3n) is 4.70. The second kappa shape index (κ2) is 9.87. The lowest BCUT2D eigenvalue weighted by Crippen LogP contribution is -2.22. The fourth-order valence-corrected chi connectivity index (χ4v) is 3.18. The summed E-state index contributed by atoms with van der Waals surface area (Å²) in [7, 11) is 0. The highest BCUT2D eigenvalue weighted by Crippen LogP contribution is 2.29. The van der Waals surface area contributed by atoms with E-state index < -0.39 is 30.2 Å². The van der Waals surface area contributed by atoms with E-state index >= 15 is 0 Å².